The lowest BCUT2D eigenvalue weighted by Gasteiger charge is -2.33. The molecular formula is C11H24N4O3S. The van der Waals surface area contributed by atoms with Crippen LogP contribution < -0.4 is 11.1 Å². The molecule has 0 spiro atoms. The average molecular weight is 292 g/mol. The van der Waals surface area contributed by atoms with Crippen molar-refractivity contribution in [3.63, 3.8) is 0 Å². The van der Waals surface area contributed by atoms with Gasteiger partial charge >= 0.3 is 0 Å². The van der Waals surface area contributed by atoms with E-state index in [0.29, 0.717) is 32.6 Å². The average Bonchev–Trinajstić information content (AvgIpc) is 2.43. The van der Waals surface area contributed by atoms with Gasteiger partial charge in [-0.05, 0) is 12.8 Å². The number of hydrogen-bond acceptors (Lipinski definition) is 4. The summed E-state index contributed by atoms with van der Waals surface area (Å²) in [6.07, 6.45) is 1.43. The third-order valence-corrected chi connectivity index (χ3v) is 5.39. The van der Waals surface area contributed by atoms with E-state index < -0.39 is 10.2 Å². The molecule has 0 aromatic heterocycles. The van der Waals surface area contributed by atoms with Gasteiger partial charge < -0.3 is 11.1 Å². The second kappa shape index (κ2) is 7.18. The summed E-state index contributed by atoms with van der Waals surface area (Å²) in [4.78, 5) is 11.9. The maximum atomic E-state index is 12.2. The predicted octanol–water partition coefficient (Wildman–Crippen LogP) is -1.03. The van der Waals surface area contributed by atoms with Crippen LogP contribution in [-0.2, 0) is 15.0 Å². The van der Waals surface area contributed by atoms with Gasteiger partial charge in [0.15, 0.2) is 0 Å². The summed E-state index contributed by atoms with van der Waals surface area (Å²) in [6.45, 7) is 3.75. The molecule has 1 rings (SSSR count). The molecule has 0 aromatic rings. The molecule has 19 heavy (non-hydrogen) atoms. The number of nitrogens with zero attached hydrogens (tertiary/aromatic N) is 2. The molecule has 1 unspecified atom stereocenters. The number of amides is 1. The van der Waals surface area contributed by atoms with E-state index in [2.05, 4.69) is 5.32 Å². The topological polar surface area (TPSA) is 95.7 Å². The van der Waals surface area contributed by atoms with E-state index in [1.807, 2.05) is 0 Å². The van der Waals surface area contributed by atoms with Crippen LogP contribution in [0.1, 0.15) is 19.8 Å². The number of piperidine rings is 1. The summed E-state index contributed by atoms with van der Waals surface area (Å²) >= 11 is 0. The Morgan fingerprint density at radius 2 is 2.21 bits per heavy atom. The number of nitrogens with one attached hydrogen (secondary N) is 1. The molecule has 1 amide bonds. The second-order valence-corrected chi connectivity index (χ2v) is 6.73. The molecule has 0 saturated carbocycles. The molecule has 112 valence electrons. The van der Waals surface area contributed by atoms with Gasteiger partial charge in [0, 0.05) is 39.8 Å². The Hall–Kier alpha value is -0.700. The molecular weight excluding hydrogens is 268 g/mol. The summed E-state index contributed by atoms with van der Waals surface area (Å²) < 4.78 is 27.1. The summed E-state index contributed by atoms with van der Waals surface area (Å²) in [5, 5.41) is 2.72. The van der Waals surface area contributed by atoms with Crippen LogP contribution in [0.15, 0.2) is 0 Å². The van der Waals surface area contributed by atoms with E-state index in [0.717, 1.165) is 6.42 Å². The van der Waals surface area contributed by atoms with E-state index in [-0.39, 0.29) is 18.4 Å². The Kier molecular flexibility index (Phi) is 6.18. The molecule has 1 aliphatic rings. The van der Waals surface area contributed by atoms with Gasteiger partial charge in [0.25, 0.3) is 10.2 Å². The quantitative estimate of drug-likeness (QED) is 0.654. The van der Waals surface area contributed by atoms with Crippen LogP contribution in [0, 0.1) is 5.92 Å². The number of rotatable bonds is 6. The zero-order valence-electron chi connectivity index (χ0n) is 11.6. The minimum atomic E-state index is -3.44. The van der Waals surface area contributed by atoms with Gasteiger partial charge in [0.1, 0.15) is 0 Å². The Morgan fingerprint density at radius 1 is 1.53 bits per heavy atom. The first-order chi connectivity index (χ1) is 8.93. The van der Waals surface area contributed by atoms with Crippen molar-refractivity contribution in [3.05, 3.63) is 0 Å². The van der Waals surface area contributed by atoms with Gasteiger partial charge in [0.2, 0.25) is 5.91 Å². The molecule has 0 aliphatic carbocycles. The SMILES string of the molecule is CCN(C)S(=O)(=O)N1CCCC(C(=O)NCCN)C1. The summed E-state index contributed by atoms with van der Waals surface area (Å²) in [6, 6.07) is 0. The van der Waals surface area contributed by atoms with Gasteiger partial charge in [-0.1, -0.05) is 6.92 Å². The van der Waals surface area contributed by atoms with Gasteiger partial charge in [-0.25, -0.2) is 0 Å². The van der Waals surface area contributed by atoms with Gasteiger partial charge in [-0.2, -0.15) is 17.0 Å². The van der Waals surface area contributed by atoms with Crippen molar-refractivity contribution >= 4 is 16.1 Å². The zero-order chi connectivity index (χ0) is 14.5. The van der Waals surface area contributed by atoms with Crippen molar-refractivity contribution in [3.8, 4) is 0 Å². The number of carbonyl (C=O) groups is 1. The Morgan fingerprint density at radius 3 is 2.79 bits per heavy atom. The van der Waals surface area contributed by atoms with Crippen LogP contribution in [0.25, 0.3) is 0 Å². The first-order valence-electron chi connectivity index (χ1n) is 6.62. The highest BCUT2D eigenvalue weighted by Crippen LogP contribution is 2.20. The zero-order valence-corrected chi connectivity index (χ0v) is 12.4. The van der Waals surface area contributed by atoms with E-state index in [9.17, 15) is 13.2 Å². The van der Waals surface area contributed by atoms with Crippen molar-refractivity contribution in [2.24, 2.45) is 11.7 Å². The molecule has 0 aromatic carbocycles. The maximum absolute atomic E-state index is 12.2. The summed E-state index contributed by atoms with van der Waals surface area (Å²) in [5.41, 5.74) is 5.33. The fourth-order valence-corrected chi connectivity index (χ4v) is 3.51. The first-order valence-corrected chi connectivity index (χ1v) is 8.02. The van der Waals surface area contributed by atoms with Gasteiger partial charge in [-0.15, -0.1) is 0 Å². The molecule has 1 saturated heterocycles. The molecule has 3 N–H and O–H groups in total. The van der Waals surface area contributed by atoms with E-state index >= 15 is 0 Å². The third-order valence-electron chi connectivity index (χ3n) is 3.36. The van der Waals surface area contributed by atoms with E-state index in [4.69, 9.17) is 5.73 Å². The number of carbonyl (C=O) groups excluding carboxylic acids is 1. The van der Waals surface area contributed by atoms with E-state index in [1.54, 1.807) is 14.0 Å². The highest BCUT2D eigenvalue weighted by atomic mass is 32.2. The van der Waals surface area contributed by atoms with Crippen molar-refractivity contribution in [2.45, 2.75) is 19.8 Å². The largest absolute Gasteiger partial charge is 0.355 e. The molecule has 0 bridgehead atoms. The highest BCUT2D eigenvalue weighted by molar-refractivity contribution is 7.86. The lowest BCUT2D eigenvalue weighted by molar-refractivity contribution is -0.126. The van der Waals surface area contributed by atoms with Crippen LogP contribution in [-0.4, -0.2) is 62.7 Å². The Labute approximate surface area is 115 Å². The predicted molar refractivity (Wildman–Crippen MR) is 73.6 cm³/mol. The van der Waals surface area contributed by atoms with Crippen LogP contribution in [0.2, 0.25) is 0 Å². The highest BCUT2D eigenvalue weighted by Gasteiger charge is 2.33. The molecule has 1 aliphatic heterocycles. The first kappa shape index (κ1) is 16.4. The van der Waals surface area contributed by atoms with Crippen molar-refractivity contribution in [1.82, 2.24) is 13.9 Å². The molecule has 7 nitrogen and oxygen atoms in total. The van der Waals surface area contributed by atoms with Gasteiger partial charge in [-0.3, -0.25) is 4.79 Å². The molecule has 1 heterocycles. The Bertz CT molecular complexity index is 399. The smallest absolute Gasteiger partial charge is 0.281 e. The summed E-state index contributed by atoms with van der Waals surface area (Å²) in [7, 11) is -1.89. The number of hydrogen-bond donors (Lipinski definition) is 2. The van der Waals surface area contributed by atoms with Crippen LogP contribution in [0.5, 0.6) is 0 Å². The lowest BCUT2D eigenvalue weighted by atomic mass is 9.99. The van der Waals surface area contributed by atoms with E-state index in [1.165, 1.54) is 8.61 Å². The van der Waals surface area contributed by atoms with Gasteiger partial charge in [0.05, 0.1) is 5.92 Å². The molecule has 1 atom stereocenters. The van der Waals surface area contributed by atoms with Crippen LogP contribution in [0.3, 0.4) is 0 Å². The van der Waals surface area contributed by atoms with Crippen LogP contribution in [0.4, 0.5) is 0 Å². The number of nitrogens with two attached hydrogens (primary N) is 1. The minimum absolute atomic E-state index is 0.107. The fourth-order valence-electron chi connectivity index (χ4n) is 2.07. The van der Waals surface area contributed by atoms with Crippen molar-refractivity contribution < 1.29 is 13.2 Å². The van der Waals surface area contributed by atoms with Crippen molar-refractivity contribution in [1.29, 1.82) is 0 Å². The molecule has 8 heteroatoms. The van der Waals surface area contributed by atoms with Crippen LogP contribution >= 0.6 is 0 Å². The minimum Gasteiger partial charge on any atom is -0.355 e. The van der Waals surface area contributed by atoms with Crippen molar-refractivity contribution in [2.75, 3.05) is 39.8 Å². The normalized spacial score (nSPS) is 21.6. The molecule has 0 radical (unpaired) electrons. The Balaban J connectivity index is 2.67. The lowest BCUT2D eigenvalue weighted by Crippen LogP contribution is -2.49. The summed E-state index contributed by atoms with van der Waals surface area (Å²) in [5.74, 6) is -0.384. The standard InChI is InChI=1S/C11H24N4O3S/c1-3-14(2)19(17,18)15-8-4-5-10(9-15)11(16)13-7-6-12/h10H,3-9,12H2,1-2H3,(H,13,16). The fraction of sp³-hybridized carbons (Fsp3) is 0.909. The maximum Gasteiger partial charge on any atom is 0.281 e. The molecule has 1 fully saturated rings. The third kappa shape index (κ3) is 4.13. The monoisotopic (exact) mass is 292 g/mol. The second-order valence-electron chi connectivity index (χ2n) is 4.70.